The van der Waals surface area contributed by atoms with Crippen molar-refractivity contribution in [2.75, 3.05) is 12.3 Å². The van der Waals surface area contributed by atoms with E-state index in [1.54, 1.807) is 29.2 Å². The normalized spacial score (nSPS) is 14.0. The van der Waals surface area contributed by atoms with Crippen LogP contribution in [0.1, 0.15) is 32.0 Å². The molecule has 0 unspecified atom stereocenters. The molecule has 0 saturated heterocycles. The van der Waals surface area contributed by atoms with Crippen LogP contribution in [-0.4, -0.2) is 33.1 Å². The number of ether oxygens (including phenoxy) is 2. The summed E-state index contributed by atoms with van der Waals surface area (Å²) in [5.74, 6) is 1.17. The third kappa shape index (κ3) is 4.17. The first-order valence-electron chi connectivity index (χ1n) is 8.16. The third-order valence-corrected chi connectivity index (χ3v) is 3.71. The summed E-state index contributed by atoms with van der Waals surface area (Å²) in [6, 6.07) is 7.12. The average molecular weight is 342 g/mol. The highest BCUT2D eigenvalue weighted by atomic mass is 16.6. The van der Waals surface area contributed by atoms with Gasteiger partial charge in [0.25, 0.3) is 0 Å². The molecule has 25 heavy (non-hydrogen) atoms. The number of benzene rings is 1. The van der Waals surface area contributed by atoms with Gasteiger partial charge in [-0.15, -0.1) is 0 Å². The summed E-state index contributed by atoms with van der Waals surface area (Å²) in [6.07, 6.45) is 1.72. The molecular formula is C18H22N4O3. The second-order valence-electron chi connectivity index (χ2n) is 6.93. The van der Waals surface area contributed by atoms with Crippen molar-refractivity contribution in [1.82, 2.24) is 14.9 Å². The smallest absolute Gasteiger partial charge is 0.410 e. The Balaban J connectivity index is 1.76. The number of rotatable bonds is 2. The van der Waals surface area contributed by atoms with Crippen LogP contribution in [0.5, 0.6) is 11.6 Å². The lowest BCUT2D eigenvalue weighted by molar-refractivity contribution is 0.0219. The van der Waals surface area contributed by atoms with Crippen molar-refractivity contribution in [2.24, 2.45) is 0 Å². The Morgan fingerprint density at radius 3 is 2.60 bits per heavy atom. The summed E-state index contributed by atoms with van der Waals surface area (Å²) in [5, 5.41) is 0. The molecular weight excluding hydrogens is 320 g/mol. The zero-order valence-electron chi connectivity index (χ0n) is 14.7. The van der Waals surface area contributed by atoms with Gasteiger partial charge >= 0.3 is 6.09 Å². The highest BCUT2D eigenvalue weighted by Crippen LogP contribution is 2.29. The van der Waals surface area contributed by atoms with Crippen LogP contribution in [0, 0.1) is 0 Å². The van der Waals surface area contributed by atoms with E-state index in [0.29, 0.717) is 36.8 Å². The first-order chi connectivity index (χ1) is 11.8. The lowest BCUT2D eigenvalue weighted by Gasteiger charge is -2.30. The molecule has 1 aromatic carbocycles. The molecule has 1 aliphatic heterocycles. The quantitative estimate of drug-likeness (QED) is 0.843. The van der Waals surface area contributed by atoms with Crippen molar-refractivity contribution in [1.29, 1.82) is 0 Å². The van der Waals surface area contributed by atoms with E-state index in [1.807, 2.05) is 20.8 Å². The molecule has 1 aromatic heterocycles. The van der Waals surface area contributed by atoms with Gasteiger partial charge in [-0.25, -0.2) is 14.8 Å². The lowest BCUT2D eigenvalue weighted by Crippen LogP contribution is -2.40. The van der Waals surface area contributed by atoms with Gasteiger partial charge in [0.05, 0.1) is 12.2 Å². The predicted octanol–water partition coefficient (Wildman–Crippen LogP) is 3.14. The molecule has 132 valence electrons. The number of nitrogen functional groups attached to an aromatic ring is 1. The fraction of sp³-hybridized carbons (Fsp3) is 0.389. The number of anilines is 1. The van der Waals surface area contributed by atoms with E-state index >= 15 is 0 Å². The van der Waals surface area contributed by atoms with Crippen LogP contribution in [0.3, 0.4) is 0 Å². The molecule has 0 saturated carbocycles. The molecule has 0 radical (unpaired) electrons. The fourth-order valence-electron chi connectivity index (χ4n) is 2.54. The molecule has 0 aliphatic carbocycles. The molecule has 2 N–H and O–H groups in total. The van der Waals surface area contributed by atoms with E-state index in [9.17, 15) is 4.79 Å². The second-order valence-corrected chi connectivity index (χ2v) is 6.93. The van der Waals surface area contributed by atoms with E-state index in [1.165, 1.54) is 6.33 Å². The Hall–Kier alpha value is -2.83. The number of carbonyl (C=O) groups is 1. The van der Waals surface area contributed by atoms with Gasteiger partial charge in [-0.2, -0.15) is 0 Å². The van der Waals surface area contributed by atoms with Gasteiger partial charge in [0.2, 0.25) is 5.88 Å². The third-order valence-electron chi connectivity index (χ3n) is 3.71. The molecule has 0 atom stereocenters. The van der Waals surface area contributed by atoms with Crippen LogP contribution in [0.15, 0.2) is 30.6 Å². The fourth-order valence-corrected chi connectivity index (χ4v) is 2.54. The van der Waals surface area contributed by atoms with E-state index < -0.39 is 5.60 Å². The first kappa shape index (κ1) is 17.0. The van der Waals surface area contributed by atoms with Crippen LogP contribution >= 0.6 is 0 Å². The van der Waals surface area contributed by atoms with Crippen LogP contribution in [-0.2, 0) is 17.7 Å². The van der Waals surface area contributed by atoms with Crippen LogP contribution in [0.4, 0.5) is 10.5 Å². The highest BCUT2D eigenvalue weighted by Gasteiger charge is 2.28. The summed E-state index contributed by atoms with van der Waals surface area (Å²) in [5.41, 5.74) is 7.53. The zero-order chi connectivity index (χ0) is 18.0. The van der Waals surface area contributed by atoms with Gasteiger partial charge < -0.3 is 20.1 Å². The maximum absolute atomic E-state index is 12.2. The summed E-state index contributed by atoms with van der Waals surface area (Å²) in [6.45, 7) is 6.47. The van der Waals surface area contributed by atoms with Gasteiger partial charge in [0.1, 0.15) is 17.7 Å². The molecule has 2 heterocycles. The number of aromatic nitrogens is 2. The van der Waals surface area contributed by atoms with Gasteiger partial charge in [-0.1, -0.05) is 0 Å². The topological polar surface area (TPSA) is 90.6 Å². The predicted molar refractivity (Wildman–Crippen MR) is 93.3 cm³/mol. The summed E-state index contributed by atoms with van der Waals surface area (Å²) >= 11 is 0. The molecule has 1 amide bonds. The Morgan fingerprint density at radius 2 is 1.92 bits per heavy atom. The Kier molecular flexibility index (Phi) is 4.48. The minimum atomic E-state index is -0.521. The van der Waals surface area contributed by atoms with Crippen molar-refractivity contribution < 1.29 is 14.3 Å². The van der Waals surface area contributed by atoms with Crippen molar-refractivity contribution in [3.05, 3.63) is 41.9 Å². The van der Waals surface area contributed by atoms with Crippen molar-refractivity contribution in [3.8, 4) is 11.6 Å². The molecule has 3 rings (SSSR count). The molecule has 7 heteroatoms. The highest BCUT2D eigenvalue weighted by molar-refractivity contribution is 5.68. The molecule has 0 spiro atoms. The number of hydrogen-bond acceptors (Lipinski definition) is 6. The Labute approximate surface area is 146 Å². The molecule has 0 fully saturated rings. The zero-order valence-corrected chi connectivity index (χ0v) is 14.7. The second kappa shape index (κ2) is 6.58. The Bertz CT molecular complexity index is 769. The van der Waals surface area contributed by atoms with E-state index in [2.05, 4.69) is 9.97 Å². The van der Waals surface area contributed by atoms with Crippen LogP contribution < -0.4 is 10.5 Å². The summed E-state index contributed by atoms with van der Waals surface area (Å²) in [7, 11) is 0. The number of carbonyl (C=O) groups excluding carboxylic acids is 1. The maximum atomic E-state index is 12.2. The summed E-state index contributed by atoms with van der Waals surface area (Å²) < 4.78 is 11.3. The largest absolute Gasteiger partial charge is 0.444 e. The first-order valence-corrected chi connectivity index (χ1v) is 8.16. The van der Waals surface area contributed by atoms with Crippen LogP contribution in [0.25, 0.3) is 0 Å². The standard InChI is InChI=1S/C18H22N4O3/c1-18(2,3)25-17(23)22-9-8-14-15(10-22)20-11-21-16(14)24-13-6-4-12(19)5-7-13/h4-7,11H,8-10,19H2,1-3H3. The van der Waals surface area contributed by atoms with Gasteiger partial charge in [-0.05, 0) is 51.5 Å². The number of amides is 1. The minimum absolute atomic E-state index is 0.335. The number of nitrogens with two attached hydrogens (primary N) is 1. The number of hydrogen-bond donors (Lipinski definition) is 1. The van der Waals surface area contributed by atoms with Crippen molar-refractivity contribution in [3.63, 3.8) is 0 Å². The van der Waals surface area contributed by atoms with Gasteiger partial charge in [0.15, 0.2) is 0 Å². The van der Waals surface area contributed by atoms with Crippen LogP contribution in [0.2, 0.25) is 0 Å². The lowest BCUT2D eigenvalue weighted by atomic mass is 10.1. The number of nitrogens with zero attached hydrogens (tertiary/aromatic N) is 3. The van der Waals surface area contributed by atoms with Crippen molar-refractivity contribution in [2.45, 2.75) is 39.3 Å². The number of fused-ring (bicyclic) bond motifs is 1. The molecule has 0 bridgehead atoms. The monoisotopic (exact) mass is 342 g/mol. The molecule has 7 nitrogen and oxygen atoms in total. The molecule has 1 aliphatic rings. The summed E-state index contributed by atoms with van der Waals surface area (Å²) in [4.78, 5) is 22.4. The maximum Gasteiger partial charge on any atom is 0.410 e. The average Bonchev–Trinajstić information content (AvgIpc) is 2.55. The van der Waals surface area contributed by atoms with Gasteiger partial charge in [0, 0.05) is 17.8 Å². The van der Waals surface area contributed by atoms with Gasteiger partial charge in [-0.3, -0.25) is 0 Å². The molecule has 2 aromatic rings. The SMILES string of the molecule is CC(C)(C)OC(=O)N1CCc2c(ncnc2Oc2ccc(N)cc2)C1. The van der Waals surface area contributed by atoms with Crippen molar-refractivity contribution >= 4 is 11.8 Å². The van der Waals surface area contributed by atoms with E-state index in [4.69, 9.17) is 15.2 Å². The minimum Gasteiger partial charge on any atom is -0.444 e. The van der Waals surface area contributed by atoms with E-state index in [-0.39, 0.29) is 6.09 Å². The van der Waals surface area contributed by atoms with E-state index in [0.717, 1.165) is 11.3 Å². The Morgan fingerprint density at radius 1 is 1.20 bits per heavy atom.